The predicted molar refractivity (Wildman–Crippen MR) is 88.3 cm³/mol. The Morgan fingerprint density at radius 1 is 1.00 bits per heavy atom. The molecule has 0 bridgehead atoms. The van der Waals surface area contributed by atoms with E-state index in [4.69, 9.17) is 5.21 Å². The minimum atomic E-state index is -3.76. The van der Waals surface area contributed by atoms with Crippen LogP contribution in [0.2, 0.25) is 0 Å². The Morgan fingerprint density at radius 3 is 2.48 bits per heavy atom. The van der Waals surface area contributed by atoms with Crippen LogP contribution in [0.4, 0.5) is 5.00 Å². The molecule has 2 aromatic carbocycles. The fourth-order valence-corrected chi connectivity index (χ4v) is 4.22. The monoisotopic (exact) mass is 348 g/mol. The summed E-state index contributed by atoms with van der Waals surface area (Å²) in [6.45, 7) is 0. The van der Waals surface area contributed by atoms with Gasteiger partial charge in [0.15, 0.2) is 0 Å². The lowest BCUT2D eigenvalue weighted by molar-refractivity contribution is 0.0711. The number of fused-ring (bicyclic) bond motifs is 1. The lowest BCUT2D eigenvalue weighted by Gasteiger charge is -2.07. The van der Waals surface area contributed by atoms with Crippen LogP contribution < -0.4 is 10.2 Å². The number of nitrogens with one attached hydrogen (secondary N) is 2. The summed E-state index contributed by atoms with van der Waals surface area (Å²) in [6.07, 6.45) is 0. The molecule has 6 nitrogen and oxygen atoms in total. The van der Waals surface area contributed by atoms with Gasteiger partial charge in [-0.2, -0.15) is 0 Å². The van der Waals surface area contributed by atoms with Gasteiger partial charge in [-0.3, -0.25) is 14.7 Å². The number of hydrogen-bond donors (Lipinski definition) is 3. The first-order valence-electron chi connectivity index (χ1n) is 6.55. The molecule has 0 saturated carbocycles. The van der Waals surface area contributed by atoms with Crippen LogP contribution in [0, 0.1) is 0 Å². The Hall–Kier alpha value is -2.42. The van der Waals surface area contributed by atoms with E-state index >= 15 is 0 Å². The largest absolute Gasteiger partial charge is 0.288 e. The molecule has 0 radical (unpaired) electrons. The number of benzene rings is 2. The zero-order valence-corrected chi connectivity index (χ0v) is 13.3. The molecule has 8 heteroatoms. The average molecular weight is 348 g/mol. The first-order valence-corrected chi connectivity index (χ1v) is 8.85. The highest BCUT2D eigenvalue weighted by Gasteiger charge is 2.17. The summed E-state index contributed by atoms with van der Waals surface area (Å²) >= 11 is 0.928. The van der Waals surface area contributed by atoms with Crippen LogP contribution in [-0.4, -0.2) is 19.5 Å². The Morgan fingerprint density at radius 2 is 1.74 bits per heavy atom. The van der Waals surface area contributed by atoms with Crippen molar-refractivity contribution in [2.45, 2.75) is 4.90 Å². The highest BCUT2D eigenvalue weighted by molar-refractivity contribution is 7.93. The van der Waals surface area contributed by atoms with Gasteiger partial charge in [0.05, 0.1) is 9.77 Å². The Balaban J connectivity index is 1.91. The van der Waals surface area contributed by atoms with Gasteiger partial charge in [0.25, 0.3) is 15.9 Å². The second-order valence-electron chi connectivity index (χ2n) is 4.72. The number of hydrogen-bond acceptors (Lipinski definition) is 5. The third kappa shape index (κ3) is 3.19. The first kappa shape index (κ1) is 15.5. The van der Waals surface area contributed by atoms with Crippen LogP contribution in [0.3, 0.4) is 0 Å². The van der Waals surface area contributed by atoms with Crippen LogP contribution >= 0.6 is 11.3 Å². The lowest BCUT2D eigenvalue weighted by Crippen LogP contribution is -2.17. The van der Waals surface area contributed by atoms with Crippen molar-refractivity contribution >= 4 is 43.0 Å². The Kier molecular flexibility index (Phi) is 4.03. The van der Waals surface area contributed by atoms with Gasteiger partial charge in [-0.25, -0.2) is 13.9 Å². The SMILES string of the molecule is O=C(NO)c1ccc(NS(=O)(=O)c2ccc3ccccc3c2)s1. The molecule has 0 spiro atoms. The van der Waals surface area contributed by atoms with Crippen molar-refractivity contribution in [1.82, 2.24) is 5.48 Å². The lowest BCUT2D eigenvalue weighted by atomic mass is 10.1. The molecule has 23 heavy (non-hydrogen) atoms. The van der Waals surface area contributed by atoms with E-state index in [1.807, 2.05) is 24.3 Å². The highest BCUT2D eigenvalue weighted by atomic mass is 32.2. The molecular weight excluding hydrogens is 336 g/mol. The van der Waals surface area contributed by atoms with E-state index in [0.29, 0.717) is 0 Å². The van der Waals surface area contributed by atoms with Crippen LogP contribution in [-0.2, 0) is 10.0 Å². The zero-order valence-electron chi connectivity index (χ0n) is 11.7. The molecule has 0 aliphatic carbocycles. The number of carbonyl (C=O) groups excluding carboxylic acids is 1. The number of sulfonamides is 1. The Labute approximate surface area is 136 Å². The van der Waals surface area contributed by atoms with Crippen molar-refractivity contribution in [2.75, 3.05) is 4.72 Å². The van der Waals surface area contributed by atoms with E-state index < -0.39 is 15.9 Å². The van der Waals surface area contributed by atoms with Gasteiger partial charge in [-0.05, 0) is 35.0 Å². The molecule has 0 aliphatic rings. The van der Waals surface area contributed by atoms with Crippen molar-refractivity contribution in [3.05, 3.63) is 59.5 Å². The van der Waals surface area contributed by atoms with Crippen LogP contribution in [0.1, 0.15) is 9.67 Å². The van der Waals surface area contributed by atoms with E-state index in [9.17, 15) is 13.2 Å². The zero-order chi connectivity index (χ0) is 16.4. The average Bonchev–Trinajstić information content (AvgIpc) is 3.01. The normalized spacial score (nSPS) is 11.3. The summed E-state index contributed by atoms with van der Waals surface area (Å²) in [6, 6.07) is 15.2. The van der Waals surface area contributed by atoms with Gasteiger partial charge >= 0.3 is 0 Å². The maximum atomic E-state index is 12.4. The predicted octanol–water partition coefficient (Wildman–Crippen LogP) is 2.82. The topological polar surface area (TPSA) is 95.5 Å². The molecule has 118 valence electrons. The maximum absolute atomic E-state index is 12.4. The molecule has 0 atom stereocenters. The Bertz CT molecular complexity index is 980. The third-order valence-corrected chi connectivity index (χ3v) is 5.69. The summed E-state index contributed by atoms with van der Waals surface area (Å²) in [5, 5.41) is 10.6. The van der Waals surface area contributed by atoms with Crippen molar-refractivity contribution in [3.8, 4) is 0 Å². The quantitative estimate of drug-likeness (QED) is 0.499. The second kappa shape index (κ2) is 5.99. The number of anilines is 1. The number of carbonyl (C=O) groups is 1. The van der Waals surface area contributed by atoms with Crippen molar-refractivity contribution in [3.63, 3.8) is 0 Å². The van der Waals surface area contributed by atoms with E-state index in [1.165, 1.54) is 23.7 Å². The van der Waals surface area contributed by atoms with Crippen LogP contribution in [0.15, 0.2) is 59.5 Å². The molecule has 0 saturated heterocycles. The molecule has 1 aromatic heterocycles. The van der Waals surface area contributed by atoms with Crippen LogP contribution in [0.25, 0.3) is 10.8 Å². The minimum absolute atomic E-state index is 0.137. The fraction of sp³-hybridized carbons (Fsp3) is 0. The summed E-state index contributed by atoms with van der Waals surface area (Å²) in [5.74, 6) is -0.689. The number of amides is 1. The van der Waals surface area contributed by atoms with E-state index in [0.717, 1.165) is 22.1 Å². The minimum Gasteiger partial charge on any atom is -0.288 e. The third-order valence-electron chi connectivity index (χ3n) is 3.20. The highest BCUT2D eigenvalue weighted by Crippen LogP contribution is 2.26. The van der Waals surface area contributed by atoms with Crippen molar-refractivity contribution in [1.29, 1.82) is 0 Å². The first-order chi connectivity index (χ1) is 11.0. The van der Waals surface area contributed by atoms with Crippen LogP contribution in [0.5, 0.6) is 0 Å². The van der Waals surface area contributed by atoms with Gasteiger partial charge in [-0.15, -0.1) is 11.3 Å². The molecule has 3 aromatic rings. The standard InChI is InChI=1S/C15H12N2O4S2/c18-15(16-19)13-7-8-14(22-13)17-23(20,21)12-6-5-10-3-1-2-4-11(10)9-12/h1-9,17,19H,(H,16,18). The van der Waals surface area contributed by atoms with Gasteiger partial charge in [0.1, 0.15) is 5.00 Å². The molecule has 0 aliphatic heterocycles. The molecule has 0 fully saturated rings. The molecule has 1 amide bonds. The smallest absolute Gasteiger partial charge is 0.284 e. The summed E-state index contributed by atoms with van der Waals surface area (Å²) < 4.78 is 27.3. The molecule has 3 N–H and O–H groups in total. The van der Waals surface area contributed by atoms with Crippen molar-refractivity contribution < 1.29 is 18.4 Å². The number of hydroxylamine groups is 1. The maximum Gasteiger partial charge on any atom is 0.284 e. The second-order valence-corrected chi connectivity index (χ2v) is 7.49. The van der Waals surface area contributed by atoms with Gasteiger partial charge in [-0.1, -0.05) is 30.3 Å². The van der Waals surface area contributed by atoms with Crippen molar-refractivity contribution in [2.24, 2.45) is 0 Å². The van der Waals surface area contributed by atoms with E-state index in [2.05, 4.69) is 4.72 Å². The van der Waals surface area contributed by atoms with E-state index in [1.54, 1.807) is 12.1 Å². The summed E-state index contributed by atoms with van der Waals surface area (Å²) in [7, 11) is -3.76. The fourth-order valence-electron chi connectivity index (χ4n) is 2.10. The molecule has 1 heterocycles. The van der Waals surface area contributed by atoms with Gasteiger partial charge in [0, 0.05) is 0 Å². The molecule has 0 unspecified atom stereocenters. The van der Waals surface area contributed by atoms with Gasteiger partial charge < -0.3 is 0 Å². The summed E-state index contributed by atoms with van der Waals surface area (Å²) in [4.78, 5) is 11.6. The number of rotatable bonds is 4. The summed E-state index contributed by atoms with van der Waals surface area (Å²) in [5.41, 5.74) is 1.50. The number of thiophene rings is 1. The molecular formula is C15H12N2O4S2. The van der Waals surface area contributed by atoms with Gasteiger partial charge in [0.2, 0.25) is 0 Å². The molecule has 3 rings (SSSR count). The van der Waals surface area contributed by atoms with E-state index in [-0.39, 0.29) is 14.8 Å².